The smallest absolute Gasteiger partial charge is 0.119 e. The van der Waals surface area contributed by atoms with Crippen molar-refractivity contribution in [3.8, 4) is 5.75 Å². The first-order chi connectivity index (χ1) is 9.69. The van der Waals surface area contributed by atoms with Gasteiger partial charge < -0.3 is 10.1 Å². The third kappa shape index (κ3) is 4.22. The first kappa shape index (κ1) is 14.8. The predicted molar refractivity (Wildman–Crippen MR) is 87.6 cm³/mol. The zero-order valence-electron chi connectivity index (χ0n) is 11.2. The summed E-state index contributed by atoms with van der Waals surface area (Å²) in [7, 11) is 0. The highest BCUT2D eigenvalue weighted by atomic mass is 35.5. The number of ether oxygens (including phenoxy) is 1. The summed E-state index contributed by atoms with van der Waals surface area (Å²) < 4.78 is 5.40. The normalized spacial score (nSPS) is 10.1. The van der Waals surface area contributed by atoms with Crippen molar-refractivity contribution in [1.29, 1.82) is 0 Å². The van der Waals surface area contributed by atoms with E-state index in [4.69, 9.17) is 28.6 Å². The monoisotopic (exact) mass is 305 g/mol. The van der Waals surface area contributed by atoms with Crippen LogP contribution in [0.4, 0.5) is 0 Å². The summed E-state index contributed by atoms with van der Waals surface area (Å²) in [5.41, 5.74) is 2.13. The summed E-state index contributed by atoms with van der Waals surface area (Å²) in [5, 5.41) is 3.97. The molecule has 0 atom stereocenters. The molecule has 20 heavy (non-hydrogen) atoms. The van der Waals surface area contributed by atoms with Gasteiger partial charge in [-0.05, 0) is 48.9 Å². The molecule has 0 unspecified atom stereocenters. The van der Waals surface area contributed by atoms with Gasteiger partial charge in [-0.25, -0.2) is 0 Å². The van der Waals surface area contributed by atoms with Crippen LogP contribution in [-0.4, -0.2) is 11.6 Å². The van der Waals surface area contributed by atoms with E-state index in [1.807, 2.05) is 55.5 Å². The molecule has 0 amide bonds. The third-order valence-corrected chi connectivity index (χ3v) is 3.43. The Labute approximate surface area is 129 Å². The highest BCUT2D eigenvalue weighted by Gasteiger charge is 2.02. The van der Waals surface area contributed by atoms with Gasteiger partial charge in [0.15, 0.2) is 0 Å². The molecule has 2 aromatic rings. The van der Waals surface area contributed by atoms with Gasteiger partial charge in [0.2, 0.25) is 0 Å². The summed E-state index contributed by atoms with van der Waals surface area (Å²) in [6.45, 7) is 3.31. The van der Waals surface area contributed by atoms with Crippen molar-refractivity contribution in [2.75, 3.05) is 6.61 Å². The fraction of sp³-hybridized carbons (Fsp3) is 0.188. The molecule has 2 aromatic carbocycles. The van der Waals surface area contributed by atoms with E-state index < -0.39 is 0 Å². The summed E-state index contributed by atoms with van der Waals surface area (Å²) in [6, 6.07) is 15.5. The maximum Gasteiger partial charge on any atom is 0.119 e. The number of hydrogen-bond acceptors (Lipinski definition) is 2. The fourth-order valence-corrected chi connectivity index (χ4v) is 2.09. The van der Waals surface area contributed by atoms with Gasteiger partial charge in [0.05, 0.1) is 6.61 Å². The van der Waals surface area contributed by atoms with E-state index in [0.29, 0.717) is 13.2 Å². The van der Waals surface area contributed by atoms with Gasteiger partial charge in [-0.15, -0.1) is 0 Å². The maximum absolute atomic E-state index is 5.85. The molecule has 4 heteroatoms. The molecule has 0 saturated carbocycles. The van der Waals surface area contributed by atoms with Crippen LogP contribution in [0.15, 0.2) is 48.5 Å². The minimum absolute atomic E-state index is 0.665. The molecule has 0 heterocycles. The number of rotatable bonds is 5. The van der Waals surface area contributed by atoms with Gasteiger partial charge in [0.25, 0.3) is 0 Å². The van der Waals surface area contributed by atoms with Crippen LogP contribution in [-0.2, 0) is 6.54 Å². The Balaban J connectivity index is 1.92. The molecule has 0 spiro atoms. The highest BCUT2D eigenvalue weighted by Crippen LogP contribution is 2.13. The van der Waals surface area contributed by atoms with Crippen molar-refractivity contribution in [2.45, 2.75) is 13.5 Å². The number of hydrogen-bond donors (Lipinski definition) is 1. The Morgan fingerprint density at radius 1 is 1.10 bits per heavy atom. The quantitative estimate of drug-likeness (QED) is 0.836. The van der Waals surface area contributed by atoms with Crippen molar-refractivity contribution in [2.24, 2.45) is 0 Å². The van der Waals surface area contributed by atoms with Gasteiger partial charge >= 0.3 is 0 Å². The minimum Gasteiger partial charge on any atom is -0.494 e. The maximum atomic E-state index is 5.85. The number of benzene rings is 2. The van der Waals surface area contributed by atoms with Crippen LogP contribution >= 0.6 is 23.8 Å². The molecular weight excluding hydrogens is 290 g/mol. The zero-order chi connectivity index (χ0) is 14.4. The lowest BCUT2D eigenvalue weighted by Gasteiger charge is -2.09. The first-order valence-corrected chi connectivity index (χ1v) is 7.23. The number of thiocarbonyl (C=S) groups is 1. The van der Waals surface area contributed by atoms with Gasteiger partial charge in [-0.2, -0.15) is 0 Å². The Bertz CT molecular complexity index is 566. The summed E-state index contributed by atoms with van der Waals surface area (Å²) in [5.74, 6) is 0.858. The lowest BCUT2D eigenvalue weighted by atomic mass is 10.2. The average molecular weight is 306 g/mol. The topological polar surface area (TPSA) is 21.3 Å². The van der Waals surface area contributed by atoms with Crippen molar-refractivity contribution in [3.05, 3.63) is 64.7 Å². The summed E-state index contributed by atoms with van der Waals surface area (Å²) in [6.07, 6.45) is 0. The van der Waals surface area contributed by atoms with E-state index in [0.717, 1.165) is 26.9 Å². The second-order valence-electron chi connectivity index (χ2n) is 4.27. The van der Waals surface area contributed by atoms with Crippen LogP contribution in [0.5, 0.6) is 5.75 Å². The molecule has 0 bridgehead atoms. The van der Waals surface area contributed by atoms with Crippen LogP contribution < -0.4 is 10.1 Å². The van der Waals surface area contributed by atoms with Gasteiger partial charge in [0.1, 0.15) is 10.7 Å². The number of nitrogens with one attached hydrogen (secondary N) is 1. The molecule has 1 N–H and O–H groups in total. The van der Waals surface area contributed by atoms with Gasteiger partial charge in [-0.1, -0.05) is 36.0 Å². The minimum atomic E-state index is 0.665. The van der Waals surface area contributed by atoms with Gasteiger partial charge in [-0.3, -0.25) is 0 Å². The molecular formula is C16H16ClNOS. The third-order valence-electron chi connectivity index (χ3n) is 2.79. The summed E-state index contributed by atoms with van der Waals surface area (Å²) >= 11 is 11.2. The Kier molecular flexibility index (Phi) is 5.39. The van der Waals surface area contributed by atoms with E-state index in [-0.39, 0.29) is 0 Å². The Morgan fingerprint density at radius 2 is 1.75 bits per heavy atom. The highest BCUT2D eigenvalue weighted by molar-refractivity contribution is 7.80. The largest absolute Gasteiger partial charge is 0.494 e. The lowest BCUT2D eigenvalue weighted by Crippen LogP contribution is -2.21. The lowest BCUT2D eigenvalue weighted by molar-refractivity contribution is 0.340. The van der Waals surface area contributed by atoms with Crippen molar-refractivity contribution >= 4 is 28.8 Å². The first-order valence-electron chi connectivity index (χ1n) is 6.44. The van der Waals surface area contributed by atoms with Crippen molar-refractivity contribution < 1.29 is 4.74 Å². The van der Waals surface area contributed by atoms with E-state index >= 15 is 0 Å². The van der Waals surface area contributed by atoms with Crippen LogP contribution in [0.1, 0.15) is 18.1 Å². The molecule has 0 aliphatic rings. The van der Waals surface area contributed by atoms with Crippen LogP contribution in [0, 0.1) is 0 Å². The van der Waals surface area contributed by atoms with Crippen molar-refractivity contribution in [1.82, 2.24) is 5.32 Å². The summed E-state index contributed by atoms with van der Waals surface area (Å²) in [4.78, 5) is 0.725. The Morgan fingerprint density at radius 3 is 2.35 bits per heavy atom. The van der Waals surface area contributed by atoms with E-state index in [2.05, 4.69) is 5.32 Å². The molecule has 0 saturated heterocycles. The average Bonchev–Trinajstić information content (AvgIpc) is 2.47. The van der Waals surface area contributed by atoms with Crippen LogP contribution in [0.2, 0.25) is 5.02 Å². The molecule has 0 aliphatic heterocycles. The van der Waals surface area contributed by atoms with E-state index in [1.54, 1.807) is 0 Å². The molecule has 0 aromatic heterocycles. The zero-order valence-corrected chi connectivity index (χ0v) is 12.8. The second-order valence-corrected chi connectivity index (χ2v) is 5.11. The van der Waals surface area contributed by atoms with E-state index in [9.17, 15) is 0 Å². The van der Waals surface area contributed by atoms with Gasteiger partial charge in [0, 0.05) is 17.1 Å². The molecule has 0 radical (unpaired) electrons. The molecule has 2 nitrogen and oxygen atoms in total. The molecule has 104 valence electrons. The second kappa shape index (κ2) is 7.27. The molecule has 0 fully saturated rings. The van der Waals surface area contributed by atoms with Crippen molar-refractivity contribution in [3.63, 3.8) is 0 Å². The SMILES string of the molecule is CCOc1ccc(C(=S)NCc2ccc(Cl)cc2)cc1. The van der Waals surface area contributed by atoms with Crippen LogP contribution in [0.3, 0.4) is 0 Å². The molecule has 2 rings (SSSR count). The fourth-order valence-electron chi connectivity index (χ4n) is 1.76. The Hall–Kier alpha value is -1.58. The molecule has 0 aliphatic carbocycles. The predicted octanol–water partition coefficient (Wildman–Crippen LogP) is 4.20. The van der Waals surface area contributed by atoms with Crippen LogP contribution in [0.25, 0.3) is 0 Å². The number of halogens is 1. The van der Waals surface area contributed by atoms with E-state index in [1.165, 1.54) is 0 Å². The standard InChI is InChI=1S/C16H16ClNOS/c1-2-19-15-9-5-13(6-10-15)16(20)18-11-12-3-7-14(17)8-4-12/h3-10H,2,11H2,1H3,(H,18,20).